The SMILES string of the molecule is C/C=C\C(C)=C(/C)OC(=O)c1ccc(F)cc1. The number of halogens is 1. The van der Waals surface area contributed by atoms with Gasteiger partial charge in [-0.15, -0.1) is 0 Å². The van der Waals surface area contributed by atoms with E-state index in [0.717, 1.165) is 5.57 Å². The summed E-state index contributed by atoms with van der Waals surface area (Å²) in [5, 5.41) is 0. The fourth-order valence-corrected chi connectivity index (χ4v) is 1.23. The lowest BCUT2D eigenvalue weighted by molar-refractivity contribution is 0.0623. The van der Waals surface area contributed by atoms with Crippen molar-refractivity contribution in [3.63, 3.8) is 0 Å². The van der Waals surface area contributed by atoms with Gasteiger partial charge in [0.2, 0.25) is 0 Å². The molecule has 90 valence electrons. The van der Waals surface area contributed by atoms with Gasteiger partial charge in [0.1, 0.15) is 11.6 Å². The molecule has 1 aromatic carbocycles. The molecule has 3 heteroatoms. The number of ether oxygens (including phenoxy) is 1. The summed E-state index contributed by atoms with van der Waals surface area (Å²) in [5.41, 5.74) is 1.21. The second-order valence-corrected chi connectivity index (χ2v) is 3.64. The number of rotatable bonds is 3. The number of benzene rings is 1. The van der Waals surface area contributed by atoms with Crippen molar-refractivity contribution in [3.05, 3.63) is 59.1 Å². The fraction of sp³-hybridized carbons (Fsp3) is 0.214. The summed E-state index contributed by atoms with van der Waals surface area (Å²) in [6.45, 7) is 5.46. The Morgan fingerprint density at radius 3 is 2.35 bits per heavy atom. The quantitative estimate of drug-likeness (QED) is 0.451. The van der Waals surface area contributed by atoms with E-state index in [0.29, 0.717) is 11.3 Å². The van der Waals surface area contributed by atoms with Gasteiger partial charge in [0.25, 0.3) is 0 Å². The van der Waals surface area contributed by atoms with Crippen molar-refractivity contribution >= 4 is 5.97 Å². The number of hydrogen-bond acceptors (Lipinski definition) is 2. The Labute approximate surface area is 100 Å². The van der Waals surface area contributed by atoms with Crippen molar-refractivity contribution in [1.29, 1.82) is 0 Å². The van der Waals surface area contributed by atoms with Crippen LogP contribution in [0.5, 0.6) is 0 Å². The summed E-state index contributed by atoms with van der Waals surface area (Å²) in [5.74, 6) is -0.317. The Morgan fingerprint density at radius 1 is 1.24 bits per heavy atom. The van der Waals surface area contributed by atoms with Crippen LogP contribution in [-0.4, -0.2) is 5.97 Å². The number of carbonyl (C=O) groups is 1. The number of carbonyl (C=O) groups excluding carboxylic acids is 1. The smallest absolute Gasteiger partial charge is 0.343 e. The standard InChI is InChI=1S/C14H15FO2/c1-4-5-10(2)11(3)17-14(16)12-6-8-13(15)9-7-12/h4-9H,1-3H3/b5-4-,11-10+. The number of hydrogen-bond donors (Lipinski definition) is 0. The normalized spacial score (nSPS) is 12.5. The summed E-state index contributed by atoms with van der Waals surface area (Å²) in [4.78, 5) is 11.7. The van der Waals surface area contributed by atoms with Gasteiger partial charge in [-0.2, -0.15) is 0 Å². The van der Waals surface area contributed by atoms with Gasteiger partial charge >= 0.3 is 5.97 Å². The molecule has 0 radical (unpaired) electrons. The third kappa shape index (κ3) is 3.87. The Balaban J connectivity index is 2.80. The Morgan fingerprint density at radius 2 is 1.82 bits per heavy atom. The van der Waals surface area contributed by atoms with Crippen molar-refractivity contribution in [3.8, 4) is 0 Å². The molecule has 0 bridgehead atoms. The lowest BCUT2D eigenvalue weighted by Gasteiger charge is -2.06. The molecule has 0 unspecified atom stereocenters. The zero-order valence-corrected chi connectivity index (χ0v) is 10.2. The van der Waals surface area contributed by atoms with E-state index in [1.165, 1.54) is 24.3 Å². The first-order valence-electron chi connectivity index (χ1n) is 5.32. The van der Waals surface area contributed by atoms with Crippen molar-refractivity contribution in [2.45, 2.75) is 20.8 Å². The molecule has 0 heterocycles. The molecule has 0 aliphatic rings. The van der Waals surface area contributed by atoms with Crippen LogP contribution in [0.3, 0.4) is 0 Å². The van der Waals surface area contributed by atoms with Crippen LogP contribution < -0.4 is 0 Å². The summed E-state index contributed by atoms with van der Waals surface area (Å²) in [6, 6.07) is 5.26. The predicted molar refractivity (Wildman–Crippen MR) is 65.0 cm³/mol. The van der Waals surface area contributed by atoms with Crippen LogP contribution in [0.1, 0.15) is 31.1 Å². The molecule has 0 atom stereocenters. The van der Waals surface area contributed by atoms with Crippen LogP contribution >= 0.6 is 0 Å². The molecule has 0 amide bonds. The summed E-state index contributed by atoms with van der Waals surface area (Å²) in [7, 11) is 0. The lowest BCUT2D eigenvalue weighted by Crippen LogP contribution is -2.04. The molecule has 0 saturated heterocycles. The average Bonchev–Trinajstić information content (AvgIpc) is 2.30. The zero-order valence-electron chi connectivity index (χ0n) is 10.2. The van der Waals surface area contributed by atoms with Crippen LogP contribution in [0.25, 0.3) is 0 Å². The zero-order chi connectivity index (χ0) is 12.8. The van der Waals surface area contributed by atoms with Gasteiger partial charge < -0.3 is 4.74 Å². The van der Waals surface area contributed by atoms with Crippen LogP contribution in [0.4, 0.5) is 4.39 Å². The van der Waals surface area contributed by atoms with E-state index in [4.69, 9.17) is 4.74 Å². The third-order valence-electron chi connectivity index (χ3n) is 2.30. The minimum absolute atomic E-state index is 0.332. The van der Waals surface area contributed by atoms with Crippen molar-refractivity contribution in [2.75, 3.05) is 0 Å². The van der Waals surface area contributed by atoms with Gasteiger partial charge in [-0.25, -0.2) is 9.18 Å². The van der Waals surface area contributed by atoms with Crippen LogP contribution in [0, 0.1) is 5.82 Å². The molecule has 0 aliphatic carbocycles. The van der Waals surface area contributed by atoms with Crippen molar-refractivity contribution in [1.82, 2.24) is 0 Å². The molecule has 17 heavy (non-hydrogen) atoms. The van der Waals surface area contributed by atoms with E-state index in [1.54, 1.807) is 6.92 Å². The highest BCUT2D eigenvalue weighted by Gasteiger charge is 2.08. The fourth-order valence-electron chi connectivity index (χ4n) is 1.23. The Kier molecular flexibility index (Phi) is 4.64. The first kappa shape index (κ1) is 13.2. The molecule has 0 spiro atoms. The van der Waals surface area contributed by atoms with Gasteiger partial charge in [0, 0.05) is 0 Å². The molecule has 0 N–H and O–H groups in total. The molecule has 0 fully saturated rings. The van der Waals surface area contributed by atoms with Crippen LogP contribution in [0.15, 0.2) is 47.7 Å². The maximum atomic E-state index is 12.7. The number of esters is 1. The topological polar surface area (TPSA) is 26.3 Å². The number of allylic oxidation sites excluding steroid dienone is 4. The van der Waals surface area contributed by atoms with Gasteiger partial charge in [0.15, 0.2) is 0 Å². The van der Waals surface area contributed by atoms with E-state index in [9.17, 15) is 9.18 Å². The molecular weight excluding hydrogens is 219 g/mol. The van der Waals surface area contributed by atoms with Gasteiger partial charge in [-0.3, -0.25) is 0 Å². The minimum Gasteiger partial charge on any atom is -0.427 e. The monoisotopic (exact) mass is 234 g/mol. The summed E-state index contributed by atoms with van der Waals surface area (Å²) >= 11 is 0. The lowest BCUT2D eigenvalue weighted by atomic mass is 10.2. The highest BCUT2D eigenvalue weighted by Crippen LogP contribution is 2.11. The molecule has 0 aromatic heterocycles. The highest BCUT2D eigenvalue weighted by molar-refractivity contribution is 5.90. The average molecular weight is 234 g/mol. The van der Waals surface area contributed by atoms with E-state index < -0.39 is 5.97 Å². The van der Waals surface area contributed by atoms with Crippen LogP contribution in [0.2, 0.25) is 0 Å². The molecule has 2 nitrogen and oxygen atoms in total. The van der Waals surface area contributed by atoms with Gasteiger partial charge in [-0.1, -0.05) is 12.2 Å². The van der Waals surface area contributed by atoms with E-state index in [2.05, 4.69) is 0 Å². The summed E-state index contributed by atoms with van der Waals surface area (Å²) in [6.07, 6.45) is 3.72. The van der Waals surface area contributed by atoms with E-state index in [1.807, 2.05) is 26.0 Å². The molecule has 1 aromatic rings. The second kappa shape index (κ2) is 5.99. The predicted octanol–water partition coefficient (Wildman–Crippen LogP) is 3.85. The van der Waals surface area contributed by atoms with Gasteiger partial charge in [-0.05, 0) is 50.6 Å². The second-order valence-electron chi connectivity index (χ2n) is 3.64. The molecule has 0 saturated carbocycles. The van der Waals surface area contributed by atoms with Crippen molar-refractivity contribution in [2.24, 2.45) is 0 Å². The maximum Gasteiger partial charge on any atom is 0.343 e. The van der Waals surface area contributed by atoms with Crippen LogP contribution in [-0.2, 0) is 4.74 Å². The Bertz CT molecular complexity index is 456. The van der Waals surface area contributed by atoms with Crippen molar-refractivity contribution < 1.29 is 13.9 Å². The molecular formula is C14H15FO2. The van der Waals surface area contributed by atoms with E-state index >= 15 is 0 Å². The molecule has 1 rings (SSSR count). The summed E-state index contributed by atoms with van der Waals surface area (Å²) < 4.78 is 17.8. The largest absolute Gasteiger partial charge is 0.427 e. The van der Waals surface area contributed by atoms with E-state index in [-0.39, 0.29) is 5.82 Å². The highest BCUT2D eigenvalue weighted by atomic mass is 19.1. The Hall–Kier alpha value is -1.90. The first-order valence-corrected chi connectivity index (χ1v) is 5.32. The third-order valence-corrected chi connectivity index (χ3v) is 2.30. The molecule has 0 aliphatic heterocycles. The maximum absolute atomic E-state index is 12.7. The first-order chi connectivity index (χ1) is 8.04. The van der Waals surface area contributed by atoms with Gasteiger partial charge in [0.05, 0.1) is 5.56 Å². The minimum atomic E-state index is -0.480.